The van der Waals surface area contributed by atoms with Crippen LogP contribution in [0.4, 0.5) is 0 Å². The number of nitrogens with zero attached hydrogens (tertiary/aromatic N) is 4. The van der Waals surface area contributed by atoms with E-state index in [-0.39, 0.29) is 0 Å². The highest BCUT2D eigenvalue weighted by molar-refractivity contribution is 6.29. The Morgan fingerprint density at radius 1 is 1.12 bits per heavy atom. The molecular weight excluding hydrogens is 236 g/mol. The largest absolute Gasteiger partial charge is 0.241 e. The third-order valence-corrected chi connectivity index (χ3v) is 2.67. The summed E-state index contributed by atoms with van der Waals surface area (Å²) < 4.78 is 1.81. The van der Waals surface area contributed by atoms with Crippen LogP contribution in [-0.4, -0.2) is 19.7 Å². The van der Waals surface area contributed by atoms with Gasteiger partial charge in [0.15, 0.2) is 5.65 Å². The molecule has 0 saturated heterocycles. The minimum Gasteiger partial charge on any atom is -0.241 e. The van der Waals surface area contributed by atoms with Gasteiger partial charge in [0.05, 0.1) is 18.9 Å². The Kier molecular flexibility index (Phi) is 2.49. The molecule has 3 rings (SSSR count). The van der Waals surface area contributed by atoms with Crippen molar-refractivity contribution in [2.75, 3.05) is 0 Å². The van der Waals surface area contributed by atoms with Gasteiger partial charge in [-0.05, 0) is 5.56 Å². The molecule has 3 aromatic rings. The summed E-state index contributed by atoms with van der Waals surface area (Å²) in [5.41, 5.74) is 2.64. The van der Waals surface area contributed by atoms with Crippen molar-refractivity contribution in [2.24, 2.45) is 0 Å². The summed E-state index contributed by atoms with van der Waals surface area (Å²) >= 11 is 5.78. The van der Waals surface area contributed by atoms with Crippen LogP contribution in [0.3, 0.4) is 0 Å². The third kappa shape index (κ3) is 1.99. The van der Waals surface area contributed by atoms with Gasteiger partial charge in [-0.25, -0.2) is 14.6 Å². The van der Waals surface area contributed by atoms with Crippen LogP contribution in [-0.2, 0) is 6.54 Å². The predicted octanol–water partition coefficient (Wildman–Crippen LogP) is 2.53. The number of hydrogen-bond acceptors (Lipinski definition) is 3. The first kappa shape index (κ1) is 10.2. The quantitative estimate of drug-likeness (QED) is 0.696. The summed E-state index contributed by atoms with van der Waals surface area (Å²) in [6.45, 7) is 0.681. The zero-order chi connectivity index (χ0) is 11.7. The van der Waals surface area contributed by atoms with E-state index in [0.717, 1.165) is 5.65 Å². The molecule has 1 aromatic carbocycles. The molecule has 0 unspecified atom stereocenters. The molecule has 0 aliphatic rings. The molecule has 84 valence electrons. The molecule has 4 nitrogen and oxygen atoms in total. The Bertz CT molecular complexity index is 648. The van der Waals surface area contributed by atoms with Crippen molar-refractivity contribution in [3.05, 3.63) is 53.4 Å². The Morgan fingerprint density at radius 2 is 1.94 bits per heavy atom. The fraction of sp³-hybridized carbons (Fsp3) is 0.0833. The first-order chi connectivity index (χ1) is 8.33. The summed E-state index contributed by atoms with van der Waals surface area (Å²) in [5, 5.41) is 4.65. The van der Waals surface area contributed by atoms with Crippen molar-refractivity contribution in [3.63, 3.8) is 0 Å². The monoisotopic (exact) mass is 244 g/mol. The molecule has 0 bridgehead atoms. The van der Waals surface area contributed by atoms with E-state index in [1.807, 2.05) is 22.9 Å². The Labute approximate surface area is 103 Å². The maximum atomic E-state index is 5.78. The molecule has 0 aliphatic carbocycles. The summed E-state index contributed by atoms with van der Waals surface area (Å²) in [7, 11) is 0. The lowest BCUT2D eigenvalue weighted by molar-refractivity contribution is 0.704. The highest BCUT2D eigenvalue weighted by Crippen LogP contribution is 2.13. The second kappa shape index (κ2) is 4.14. The highest BCUT2D eigenvalue weighted by Gasteiger charge is 2.06. The SMILES string of the molecule is Clc1cnc2c(cnn2Cc2ccccc2)n1. The van der Waals surface area contributed by atoms with Crippen molar-refractivity contribution >= 4 is 22.8 Å². The average molecular weight is 245 g/mol. The number of halogens is 1. The van der Waals surface area contributed by atoms with E-state index in [9.17, 15) is 0 Å². The molecule has 0 aliphatic heterocycles. The van der Waals surface area contributed by atoms with Crippen LogP contribution < -0.4 is 0 Å². The molecular formula is C12H9ClN4. The van der Waals surface area contributed by atoms with Crippen LogP contribution in [0.15, 0.2) is 42.7 Å². The van der Waals surface area contributed by atoms with Crippen molar-refractivity contribution in [2.45, 2.75) is 6.54 Å². The van der Waals surface area contributed by atoms with E-state index in [0.29, 0.717) is 17.2 Å². The molecule has 0 spiro atoms. The fourth-order valence-electron chi connectivity index (χ4n) is 1.71. The van der Waals surface area contributed by atoms with Gasteiger partial charge in [-0.1, -0.05) is 41.9 Å². The average Bonchev–Trinajstić information content (AvgIpc) is 2.73. The minimum atomic E-state index is 0.386. The van der Waals surface area contributed by atoms with Crippen molar-refractivity contribution in [1.82, 2.24) is 19.7 Å². The van der Waals surface area contributed by atoms with Gasteiger partial charge in [-0.3, -0.25) is 0 Å². The number of fused-ring (bicyclic) bond motifs is 1. The van der Waals surface area contributed by atoms with Gasteiger partial charge < -0.3 is 0 Å². The van der Waals surface area contributed by atoms with Crippen LogP contribution >= 0.6 is 11.6 Å². The lowest BCUT2D eigenvalue weighted by Crippen LogP contribution is -2.02. The normalized spacial score (nSPS) is 10.9. The standard InChI is InChI=1S/C12H9ClN4/c13-11-7-14-12-10(16-11)6-15-17(12)8-9-4-2-1-3-5-9/h1-7H,8H2. The molecule has 0 atom stereocenters. The lowest BCUT2D eigenvalue weighted by atomic mass is 10.2. The molecule has 2 aromatic heterocycles. The molecule has 0 N–H and O–H groups in total. The fourth-order valence-corrected chi connectivity index (χ4v) is 1.85. The first-order valence-electron chi connectivity index (χ1n) is 5.21. The number of aromatic nitrogens is 4. The molecule has 0 amide bonds. The van der Waals surface area contributed by atoms with E-state index in [1.165, 1.54) is 11.8 Å². The van der Waals surface area contributed by atoms with Gasteiger partial charge >= 0.3 is 0 Å². The van der Waals surface area contributed by atoms with Crippen LogP contribution in [0.5, 0.6) is 0 Å². The van der Waals surface area contributed by atoms with Gasteiger partial charge in [0.25, 0.3) is 0 Å². The molecule has 0 saturated carbocycles. The first-order valence-corrected chi connectivity index (χ1v) is 5.59. The predicted molar refractivity (Wildman–Crippen MR) is 65.9 cm³/mol. The van der Waals surface area contributed by atoms with Gasteiger partial charge in [0, 0.05) is 0 Å². The van der Waals surface area contributed by atoms with Gasteiger partial charge in [0.1, 0.15) is 10.7 Å². The van der Waals surface area contributed by atoms with Crippen LogP contribution in [0, 0.1) is 0 Å². The second-order valence-electron chi connectivity index (χ2n) is 3.69. The molecule has 5 heteroatoms. The summed E-state index contributed by atoms with van der Waals surface area (Å²) in [6, 6.07) is 10.1. The van der Waals surface area contributed by atoms with E-state index in [4.69, 9.17) is 11.6 Å². The zero-order valence-corrected chi connectivity index (χ0v) is 9.67. The molecule has 2 heterocycles. The van der Waals surface area contributed by atoms with Crippen LogP contribution in [0.25, 0.3) is 11.2 Å². The summed E-state index contributed by atoms with van der Waals surface area (Å²) in [4.78, 5) is 8.40. The van der Waals surface area contributed by atoms with Crippen LogP contribution in [0.1, 0.15) is 5.56 Å². The third-order valence-electron chi connectivity index (χ3n) is 2.49. The van der Waals surface area contributed by atoms with E-state index < -0.39 is 0 Å². The smallest absolute Gasteiger partial charge is 0.177 e. The van der Waals surface area contributed by atoms with Gasteiger partial charge in [-0.2, -0.15) is 5.10 Å². The van der Waals surface area contributed by atoms with Crippen molar-refractivity contribution < 1.29 is 0 Å². The highest BCUT2D eigenvalue weighted by atomic mass is 35.5. The maximum Gasteiger partial charge on any atom is 0.177 e. The Morgan fingerprint density at radius 3 is 2.76 bits per heavy atom. The topological polar surface area (TPSA) is 43.6 Å². The Balaban J connectivity index is 2.01. The molecule has 17 heavy (non-hydrogen) atoms. The maximum absolute atomic E-state index is 5.78. The molecule has 0 radical (unpaired) electrons. The zero-order valence-electron chi connectivity index (χ0n) is 8.92. The minimum absolute atomic E-state index is 0.386. The van der Waals surface area contributed by atoms with E-state index >= 15 is 0 Å². The second-order valence-corrected chi connectivity index (χ2v) is 4.08. The number of hydrogen-bond donors (Lipinski definition) is 0. The van der Waals surface area contributed by atoms with E-state index in [1.54, 1.807) is 6.20 Å². The van der Waals surface area contributed by atoms with Crippen LogP contribution in [0.2, 0.25) is 5.15 Å². The number of benzene rings is 1. The Hall–Kier alpha value is -1.94. The van der Waals surface area contributed by atoms with E-state index in [2.05, 4.69) is 27.2 Å². The summed E-state index contributed by atoms with van der Waals surface area (Å²) in [6.07, 6.45) is 3.21. The number of rotatable bonds is 2. The molecule has 0 fully saturated rings. The van der Waals surface area contributed by atoms with Crippen molar-refractivity contribution in [3.8, 4) is 0 Å². The lowest BCUT2D eigenvalue weighted by Gasteiger charge is -2.02. The van der Waals surface area contributed by atoms with Gasteiger partial charge in [-0.15, -0.1) is 0 Å². The summed E-state index contributed by atoms with van der Waals surface area (Å²) in [5.74, 6) is 0. The van der Waals surface area contributed by atoms with Gasteiger partial charge in [0.2, 0.25) is 0 Å². The van der Waals surface area contributed by atoms with Crippen molar-refractivity contribution in [1.29, 1.82) is 0 Å².